The molecular formula is C23H25BrN2O3. The summed E-state index contributed by atoms with van der Waals surface area (Å²) in [6.07, 6.45) is 1.54. The summed E-state index contributed by atoms with van der Waals surface area (Å²) < 4.78 is 12.4. The Labute approximate surface area is 180 Å². The van der Waals surface area contributed by atoms with E-state index in [-0.39, 0.29) is 11.6 Å². The molecule has 1 amide bonds. The molecule has 0 aliphatic carbocycles. The molecule has 2 aromatic rings. The van der Waals surface area contributed by atoms with Crippen LogP contribution in [0.1, 0.15) is 37.5 Å². The number of nitriles is 1. The normalized spacial score (nSPS) is 11.1. The second-order valence-electron chi connectivity index (χ2n) is 6.84. The van der Waals surface area contributed by atoms with Gasteiger partial charge >= 0.3 is 0 Å². The van der Waals surface area contributed by atoms with Crippen LogP contribution in [-0.4, -0.2) is 18.6 Å². The van der Waals surface area contributed by atoms with Crippen molar-refractivity contribution in [3.8, 4) is 17.6 Å². The summed E-state index contributed by atoms with van der Waals surface area (Å²) in [6, 6.07) is 13.6. The maximum atomic E-state index is 12.2. The summed E-state index contributed by atoms with van der Waals surface area (Å²) in [7, 11) is 0. The third kappa shape index (κ3) is 6.65. The van der Waals surface area contributed by atoms with Crippen LogP contribution in [0.4, 0.5) is 0 Å². The van der Waals surface area contributed by atoms with Gasteiger partial charge in [0.2, 0.25) is 0 Å². The zero-order valence-corrected chi connectivity index (χ0v) is 18.7. The summed E-state index contributed by atoms with van der Waals surface area (Å²) in [6.45, 7) is 8.47. The molecule has 0 fully saturated rings. The van der Waals surface area contributed by atoms with Crippen LogP contribution in [-0.2, 0) is 11.4 Å². The van der Waals surface area contributed by atoms with Crippen LogP contribution < -0.4 is 14.8 Å². The number of ether oxygens (including phenoxy) is 2. The first-order chi connectivity index (χ1) is 13.8. The molecule has 2 aromatic carbocycles. The lowest BCUT2D eigenvalue weighted by Gasteiger charge is -2.15. The number of benzene rings is 2. The lowest BCUT2D eigenvalue weighted by molar-refractivity contribution is -0.117. The number of carbonyl (C=O) groups excluding carboxylic acids is 1. The van der Waals surface area contributed by atoms with Gasteiger partial charge in [-0.3, -0.25) is 4.79 Å². The fraction of sp³-hybridized carbons (Fsp3) is 0.304. The molecule has 0 aliphatic heterocycles. The Kier molecular flexibility index (Phi) is 8.29. The van der Waals surface area contributed by atoms with E-state index in [9.17, 15) is 10.1 Å². The highest BCUT2D eigenvalue weighted by molar-refractivity contribution is 9.10. The van der Waals surface area contributed by atoms with E-state index in [1.165, 1.54) is 11.6 Å². The second-order valence-corrected chi connectivity index (χ2v) is 7.69. The van der Waals surface area contributed by atoms with E-state index >= 15 is 0 Å². The monoisotopic (exact) mass is 456 g/mol. The molecule has 0 unspecified atom stereocenters. The fourth-order valence-electron chi connectivity index (χ4n) is 2.69. The Morgan fingerprint density at radius 1 is 1.28 bits per heavy atom. The van der Waals surface area contributed by atoms with Crippen LogP contribution in [0.2, 0.25) is 0 Å². The van der Waals surface area contributed by atoms with Crippen molar-refractivity contribution >= 4 is 27.9 Å². The first-order valence-electron chi connectivity index (χ1n) is 9.41. The van der Waals surface area contributed by atoms with E-state index in [1.807, 2.05) is 52.0 Å². The highest BCUT2D eigenvalue weighted by Gasteiger charge is 2.15. The van der Waals surface area contributed by atoms with Gasteiger partial charge < -0.3 is 14.8 Å². The highest BCUT2D eigenvalue weighted by atomic mass is 79.9. The minimum Gasteiger partial charge on any atom is -0.490 e. The van der Waals surface area contributed by atoms with Crippen molar-refractivity contribution in [1.29, 1.82) is 5.26 Å². The number of carbonyl (C=O) groups is 1. The molecule has 5 nitrogen and oxygen atoms in total. The van der Waals surface area contributed by atoms with Gasteiger partial charge in [-0.25, -0.2) is 0 Å². The van der Waals surface area contributed by atoms with E-state index in [1.54, 1.807) is 12.1 Å². The van der Waals surface area contributed by atoms with Crippen molar-refractivity contribution in [2.45, 2.75) is 40.3 Å². The zero-order valence-electron chi connectivity index (χ0n) is 17.1. The number of rotatable bonds is 8. The summed E-state index contributed by atoms with van der Waals surface area (Å²) in [5, 5.41) is 12.1. The predicted molar refractivity (Wildman–Crippen MR) is 118 cm³/mol. The summed E-state index contributed by atoms with van der Waals surface area (Å²) >= 11 is 3.53. The van der Waals surface area contributed by atoms with Gasteiger partial charge in [0.15, 0.2) is 11.5 Å². The smallest absolute Gasteiger partial charge is 0.262 e. The predicted octanol–water partition coefficient (Wildman–Crippen LogP) is 5.17. The Morgan fingerprint density at radius 2 is 2.03 bits per heavy atom. The topological polar surface area (TPSA) is 71.3 Å². The summed E-state index contributed by atoms with van der Waals surface area (Å²) in [5.74, 6) is 0.717. The van der Waals surface area contributed by atoms with Gasteiger partial charge in [0.05, 0.1) is 11.1 Å². The molecule has 0 spiro atoms. The van der Waals surface area contributed by atoms with Crippen LogP contribution in [0.3, 0.4) is 0 Å². The Balaban J connectivity index is 2.32. The van der Waals surface area contributed by atoms with Crippen LogP contribution in [0, 0.1) is 18.3 Å². The molecule has 6 heteroatoms. The lowest BCUT2D eigenvalue weighted by Crippen LogP contribution is -2.30. The minimum atomic E-state index is -0.406. The Hall–Kier alpha value is -2.78. The first kappa shape index (κ1) is 22.5. The molecule has 1 N–H and O–H groups in total. The number of nitrogens with zero attached hydrogens (tertiary/aromatic N) is 1. The van der Waals surface area contributed by atoms with Gasteiger partial charge in [0.25, 0.3) is 5.91 Å². The highest BCUT2D eigenvalue weighted by Crippen LogP contribution is 2.38. The Morgan fingerprint density at radius 3 is 2.66 bits per heavy atom. The molecule has 0 atom stereocenters. The number of amides is 1. The fourth-order valence-corrected chi connectivity index (χ4v) is 3.26. The summed E-state index contributed by atoms with van der Waals surface area (Å²) in [4.78, 5) is 12.2. The molecule has 0 radical (unpaired) electrons. The van der Waals surface area contributed by atoms with Gasteiger partial charge in [-0.2, -0.15) is 5.26 Å². The van der Waals surface area contributed by atoms with Crippen LogP contribution >= 0.6 is 15.9 Å². The number of hydrogen-bond acceptors (Lipinski definition) is 4. The van der Waals surface area contributed by atoms with Gasteiger partial charge in [0.1, 0.15) is 18.2 Å². The van der Waals surface area contributed by atoms with Gasteiger partial charge in [-0.15, -0.1) is 0 Å². The average molecular weight is 457 g/mol. The molecule has 0 bridgehead atoms. The van der Waals surface area contributed by atoms with Crippen LogP contribution in [0.25, 0.3) is 6.08 Å². The first-order valence-corrected chi connectivity index (χ1v) is 10.2. The van der Waals surface area contributed by atoms with Gasteiger partial charge in [-0.05, 0) is 73.0 Å². The SMILES string of the molecule is CCOc1cc(/C=C(/C#N)C(=O)NC(C)C)cc(Br)c1OCc1cccc(C)c1. The van der Waals surface area contributed by atoms with E-state index in [0.29, 0.717) is 34.7 Å². The Bertz CT molecular complexity index is 946. The maximum absolute atomic E-state index is 12.2. The van der Waals surface area contributed by atoms with E-state index in [0.717, 1.165) is 5.56 Å². The third-order valence-electron chi connectivity index (χ3n) is 3.89. The van der Waals surface area contributed by atoms with Crippen molar-refractivity contribution in [3.63, 3.8) is 0 Å². The number of halogens is 1. The van der Waals surface area contributed by atoms with Gasteiger partial charge in [0, 0.05) is 6.04 Å². The largest absolute Gasteiger partial charge is 0.490 e. The summed E-state index contributed by atoms with van der Waals surface area (Å²) in [5.41, 5.74) is 2.92. The average Bonchev–Trinajstić information content (AvgIpc) is 2.65. The molecule has 0 saturated heterocycles. The van der Waals surface area contributed by atoms with E-state index in [4.69, 9.17) is 9.47 Å². The zero-order chi connectivity index (χ0) is 21.4. The quantitative estimate of drug-likeness (QED) is 0.439. The molecule has 0 heterocycles. The van der Waals surface area contributed by atoms with E-state index in [2.05, 4.69) is 27.3 Å². The molecule has 29 heavy (non-hydrogen) atoms. The molecule has 152 valence electrons. The minimum absolute atomic E-state index is 0.0291. The molecule has 0 aromatic heterocycles. The van der Waals surface area contributed by atoms with Crippen LogP contribution in [0.15, 0.2) is 46.4 Å². The molecule has 0 saturated carbocycles. The molecule has 2 rings (SSSR count). The van der Waals surface area contributed by atoms with Crippen molar-refractivity contribution in [1.82, 2.24) is 5.32 Å². The number of nitrogens with one attached hydrogen (secondary N) is 1. The third-order valence-corrected chi connectivity index (χ3v) is 4.48. The number of hydrogen-bond donors (Lipinski definition) is 1. The standard InChI is InChI=1S/C23H25BrN2O3/c1-5-28-21-12-18(10-19(13-25)23(27)26-15(2)3)11-20(24)22(21)29-14-17-8-6-7-16(4)9-17/h6-12,15H,5,14H2,1-4H3,(H,26,27)/b19-10-. The van der Waals surface area contributed by atoms with Crippen molar-refractivity contribution in [3.05, 3.63) is 63.1 Å². The maximum Gasteiger partial charge on any atom is 0.262 e. The van der Waals surface area contributed by atoms with Gasteiger partial charge in [-0.1, -0.05) is 29.8 Å². The van der Waals surface area contributed by atoms with Crippen molar-refractivity contribution < 1.29 is 14.3 Å². The van der Waals surface area contributed by atoms with Crippen molar-refractivity contribution in [2.24, 2.45) is 0 Å². The molecule has 0 aliphatic rings. The van der Waals surface area contributed by atoms with Crippen molar-refractivity contribution in [2.75, 3.05) is 6.61 Å². The van der Waals surface area contributed by atoms with E-state index < -0.39 is 5.91 Å². The number of aryl methyl sites for hydroxylation is 1. The molecular weight excluding hydrogens is 432 g/mol. The van der Waals surface area contributed by atoms with Crippen LogP contribution in [0.5, 0.6) is 11.5 Å². The lowest BCUT2D eigenvalue weighted by atomic mass is 10.1. The second kappa shape index (κ2) is 10.7.